The Hall–Kier alpha value is -0.570. The van der Waals surface area contributed by atoms with E-state index in [1.807, 2.05) is 12.1 Å². The van der Waals surface area contributed by atoms with Crippen molar-refractivity contribution in [1.29, 1.82) is 0 Å². The van der Waals surface area contributed by atoms with Crippen LogP contribution in [0.15, 0.2) is 18.2 Å². The molecule has 18 heavy (non-hydrogen) atoms. The molecule has 2 atom stereocenters. The summed E-state index contributed by atoms with van der Waals surface area (Å²) in [6, 6.07) is 6.58. The summed E-state index contributed by atoms with van der Waals surface area (Å²) in [7, 11) is 0. The van der Waals surface area contributed by atoms with Gasteiger partial charge in [0, 0.05) is 24.2 Å². The maximum absolute atomic E-state index is 6.34. The normalized spacial score (nSPS) is 25.3. The summed E-state index contributed by atoms with van der Waals surface area (Å²) in [5.74, 6) is 0.575. The number of rotatable bonds is 3. The molecule has 1 aliphatic heterocycles. The number of benzene rings is 1. The van der Waals surface area contributed by atoms with Crippen LogP contribution in [0.2, 0.25) is 5.02 Å². The first-order valence-corrected chi connectivity index (χ1v) is 7.23. The maximum atomic E-state index is 6.34. The van der Waals surface area contributed by atoms with E-state index in [0.717, 1.165) is 37.5 Å². The van der Waals surface area contributed by atoms with Gasteiger partial charge in [0.15, 0.2) is 0 Å². The molecule has 1 fully saturated rings. The minimum absolute atomic E-state index is 0.359. The topological polar surface area (TPSA) is 29.3 Å². The number of hydrogen-bond acceptors (Lipinski definition) is 2. The highest BCUT2D eigenvalue weighted by Gasteiger charge is 2.23. The van der Waals surface area contributed by atoms with Gasteiger partial charge < -0.3 is 5.73 Å². The van der Waals surface area contributed by atoms with Gasteiger partial charge in [-0.15, -0.1) is 0 Å². The van der Waals surface area contributed by atoms with Crippen LogP contribution in [-0.4, -0.2) is 24.0 Å². The second-order valence-corrected chi connectivity index (χ2v) is 5.80. The molecule has 0 bridgehead atoms. The monoisotopic (exact) mass is 266 g/mol. The predicted octanol–water partition coefficient (Wildman–Crippen LogP) is 3.07. The Bertz CT molecular complexity index is 405. The molecule has 0 amide bonds. The van der Waals surface area contributed by atoms with Crippen molar-refractivity contribution in [2.24, 2.45) is 11.7 Å². The Morgan fingerprint density at radius 2 is 2.22 bits per heavy atom. The molecule has 0 aliphatic carbocycles. The van der Waals surface area contributed by atoms with Crippen LogP contribution in [0.3, 0.4) is 0 Å². The summed E-state index contributed by atoms with van der Waals surface area (Å²) in [6.07, 6.45) is 2.13. The molecule has 0 saturated carbocycles. The summed E-state index contributed by atoms with van der Waals surface area (Å²) in [6.45, 7) is 7.55. The highest BCUT2D eigenvalue weighted by molar-refractivity contribution is 6.31. The van der Waals surface area contributed by atoms with E-state index in [1.54, 1.807) is 0 Å². The van der Waals surface area contributed by atoms with E-state index in [1.165, 1.54) is 11.1 Å². The third-order valence-electron chi connectivity index (χ3n) is 4.03. The van der Waals surface area contributed by atoms with Crippen LogP contribution >= 0.6 is 11.6 Å². The van der Waals surface area contributed by atoms with Gasteiger partial charge in [-0.2, -0.15) is 0 Å². The van der Waals surface area contributed by atoms with Gasteiger partial charge in [-0.1, -0.05) is 37.6 Å². The first-order chi connectivity index (χ1) is 8.61. The lowest BCUT2D eigenvalue weighted by Gasteiger charge is -2.35. The van der Waals surface area contributed by atoms with Gasteiger partial charge in [-0.05, 0) is 42.5 Å². The number of nitrogens with two attached hydrogens (primary N) is 1. The van der Waals surface area contributed by atoms with Crippen molar-refractivity contribution >= 4 is 11.6 Å². The molecule has 2 rings (SSSR count). The van der Waals surface area contributed by atoms with E-state index < -0.39 is 0 Å². The lowest BCUT2D eigenvalue weighted by molar-refractivity contribution is 0.157. The van der Waals surface area contributed by atoms with Crippen LogP contribution in [0.1, 0.15) is 31.4 Å². The fourth-order valence-corrected chi connectivity index (χ4v) is 2.98. The number of hydrogen-bond donors (Lipinski definition) is 1. The molecule has 0 spiro atoms. The van der Waals surface area contributed by atoms with Crippen molar-refractivity contribution in [3.8, 4) is 0 Å². The third kappa shape index (κ3) is 3.05. The number of nitrogens with zero attached hydrogens (tertiary/aromatic N) is 1. The fourth-order valence-electron chi connectivity index (χ4n) is 2.73. The minimum Gasteiger partial charge on any atom is -0.327 e. The molecule has 2 N–H and O–H groups in total. The summed E-state index contributed by atoms with van der Waals surface area (Å²) in [4.78, 5) is 2.48. The van der Waals surface area contributed by atoms with Crippen LogP contribution < -0.4 is 5.73 Å². The van der Waals surface area contributed by atoms with Crippen LogP contribution in [-0.2, 0) is 13.0 Å². The lowest BCUT2D eigenvalue weighted by atomic mass is 9.94. The van der Waals surface area contributed by atoms with Gasteiger partial charge in [0.1, 0.15) is 0 Å². The molecular formula is C15H23ClN2. The van der Waals surface area contributed by atoms with Crippen molar-refractivity contribution in [3.63, 3.8) is 0 Å². The van der Waals surface area contributed by atoms with Gasteiger partial charge in [-0.25, -0.2) is 0 Å². The molecule has 0 aromatic heterocycles. The number of likely N-dealkylation sites (tertiary alicyclic amines) is 1. The highest BCUT2D eigenvalue weighted by Crippen LogP contribution is 2.24. The second-order valence-electron chi connectivity index (χ2n) is 5.40. The van der Waals surface area contributed by atoms with Gasteiger partial charge >= 0.3 is 0 Å². The average Bonchev–Trinajstić information content (AvgIpc) is 2.36. The fraction of sp³-hybridized carbons (Fsp3) is 0.600. The van der Waals surface area contributed by atoms with Gasteiger partial charge in [0.05, 0.1) is 0 Å². The highest BCUT2D eigenvalue weighted by atomic mass is 35.5. The van der Waals surface area contributed by atoms with E-state index >= 15 is 0 Å². The van der Waals surface area contributed by atoms with Crippen molar-refractivity contribution in [1.82, 2.24) is 4.90 Å². The van der Waals surface area contributed by atoms with Gasteiger partial charge in [-0.3, -0.25) is 4.90 Å². The van der Waals surface area contributed by atoms with Gasteiger partial charge in [0.25, 0.3) is 0 Å². The van der Waals surface area contributed by atoms with Crippen LogP contribution in [0, 0.1) is 5.92 Å². The molecule has 1 saturated heterocycles. The Morgan fingerprint density at radius 3 is 2.89 bits per heavy atom. The number of halogens is 1. The zero-order valence-corrected chi connectivity index (χ0v) is 12.1. The summed E-state index contributed by atoms with van der Waals surface area (Å²) in [5.41, 5.74) is 8.73. The molecule has 1 aromatic rings. The van der Waals surface area contributed by atoms with Crippen LogP contribution in [0.25, 0.3) is 0 Å². The molecule has 100 valence electrons. The first-order valence-electron chi connectivity index (χ1n) is 6.86. The Labute approximate surface area is 115 Å². The summed E-state index contributed by atoms with van der Waals surface area (Å²) >= 11 is 6.34. The Kier molecular flexibility index (Phi) is 4.66. The summed E-state index contributed by atoms with van der Waals surface area (Å²) in [5, 5.41) is 0.900. The largest absolute Gasteiger partial charge is 0.327 e. The molecule has 1 aliphatic rings. The number of aryl methyl sites for hydroxylation is 1. The van der Waals surface area contributed by atoms with Crippen LogP contribution in [0.4, 0.5) is 0 Å². The lowest BCUT2D eigenvalue weighted by Crippen LogP contribution is -2.45. The maximum Gasteiger partial charge on any atom is 0.0453 e. The first kappa shape index (κ1) is 13.9. The molecule has 2 unspecified atom stereocenters. The summed E-state index contributed by atoms with van der Waals surface area (Å²) < 4.78 is 0. The number of piperidine rings is 1. The molecule has 0 radical (unpaired) electrons. The Morgan fingerprint density at radius 1 is 1.44 bits per heavy atom. The second kappa shape index (κ2) is 6.05. The van der Waals surface area contributed by atoms with E-state index in [9.17, 15) is 0 Å². The standard InChI is InChI=1S/C15H23ClN2/c1-3-12-5-4-6-14(16)13(12)10-18-8-7-15(17)11(2)9-18/h4-6,11,15H,3,7-10,17H2,1-2H3. The quantitative estimate of drug-likeness (QED) is 0.911. The van der Waals surface area contributed by atoms with E-state index in [2.05, 4.69) is 24.8 Å². The van der Waals surface area contributed by atoms with Crippen LogP contribution in [0.5, 0.6) is 0 Å². The van der Waals surface area contributed by atoms with Crippen molar-refractivity contribution in [3.05, 3.63) is 34.3 Å². The third-order valence-corrected chi connectivity index (χ3v) is 4.39. The van der Waals surface area contributed by atoms with Crippen molar-refractivity contribution in [2.75, 3.05) is 13.1 Å². The predicted molar refractivity (Wildman–Crippen MR) is 77.9 cm³/mol. The van der Waals surface area contributed by atoms with E-state index in [-0.39, 0.29) is 0 Å². The van der Waals surface area contributed by atoms with E-state index in [0.29, 0.717) is 12.0 Å². The minimum atomic E-state index is 0.359. The zero-order valence-electron chi connectivity index (χ0n) is 11.3. The van der Waals surface area contributed by atoms with Crippen molar-refractivity contribution < 1.29 is 0 Å². The van der Waals surface area contributed by atoms with Gasteiger partial charge in [0.2, 0.25) is 0 Å². The smallest absolute Gasteiger partial charge is 0.0453 e. The Balaban J connectivity index is 2.10. The molecule has 1 heterocycles. The molecule has 3 heteroatoms. The van der Waals surface area contributed by atoms with Crippen molar-refractivity contribution in [2.45, 2.75) is 39.3 Å². The molecule has 1 aromatic carbocycles. The molecule has 2 nitrogen and oxygen atoms in total. The van der Waals surface area contributed by atoms with E-state index in [4.69, 9.17) is 17.3 Å². The zero-order chi connectivity index (χ0) is 13.1. The average molecular weight is 267 g/mol. The molecular weight excluding hydrogens is 244 g/mol. The SMILES string of the molecule is CCc1cccc(Cl)c1CN1CCC(N)C(C)C1.